The van der Waals surface area contributed by atoms with Gasteiger partial charge >= 0.3 is 6.18 Å². The van der Waals surface area contributed by atoms with Crippen molar-refractivity contribution in [3.05, 3.63) is 53.1 Å². The summed E-state index contributed by atoms with van der Waals surface area (Å²) in [5, 5.41) is 0. The average molecular weight is 295 g/mol. The van der Waals surface area contributed by atoms with Crippen LogP contribution < -0.4 is 5.73 Å². The van der Waals surface area contributed by atoms with Crippen molar-refractivity contribution in [3.8, 4) is 0 Å². The molecular weight excluding hydrogens is 279 g/mol. The maximum atomic E-state index is 13.0. The first-order chi connectivity index (χ1) is 9.95. The van der Waals surface area contributed by atoms with Crippen LogP contribution >= 0.6 is 0 Å². The molecule has 0 saturated carbocycles. The molecule has 21 heavy (non-hydrogen) atoms. The molecule has 1 aliphatic rings. The maximum absolute atomic E-state index is 13.0. The van der Waals surface area contributed by atoms with Crippen LogP contribution in [0, 0.1) is 0 Å². The van der Waals surface area contributed by atoms with Crippen molar-refractivity contribution < 1.29 is 13.2 Å². The molecule has 0 fully saturated rings. The smallest absolute Gasteiger partial charge is 0.319 e. The highest BCUT2D eigenvalue weighted by molar-refractivity contribution is 5.33. The third-order valence-corrected chi connectivity index (χ3v) is 3.81. The minimum atomic E-state index is -4.34. The topological polar surface area (TPSA) is 43.8 Å². The van der Waals surface area contributed by atoms with Crippen molar-refractivity contribution in [2.24, 2.45) is 5.73 Å². The zero-order valence-electron chi connectivity index (χ0n) is 11.4. The highest BCUT2D eigenvalue weighted by atomic mass is 19.4. The normalized spacial score (nSPS) is 18.6. The second-order valence-corrected chi connectivity index (χ2v) is 5.35. The van der Waals surface area contributed by atoms with Crippen molar-refractivity contribution >= 4 is 0 Å². The van der Waals surface area contributed by atoms with Crippen molar-refractivity contribution in [2.45, 2.75) is 38.0 Å². The number of alkyl halides is 3. The van der Waals surface area contributed by atoms with E-state index in [0.717, 1.165) is 31.2 Å². The lowest BCUT2D eigenvalue weighted by Crippen LogP contribution is -2.24. The molecule has 6 heteroatoms. The van der Waals surface area contributed by atoms with Crippen LogP contribution in [0.15, 0.2) is 30.5 Å². The van der Waals surface area contributed by atoms with Gasteiger partial charge in [-0.15, -0.1) is 0 Å². The predicted octanol–water partition coefficient (Wildman–Crippen LogP) is 3.29. The highest BCUT2D eigenvalue weighted by Crippen LogP contribution is 2.33. The van der Waals surface area contributed by atoms with Crippen molar-refractivity contribution in [1.82, 2.24) is 9.55 Å². The first kappa shape index (κ1) is 14.1. The zero-order valence-corrected chi connectivity index (χ0v) is 11.4. The molecule has 0 aliphatic carbocycles. The summed E-state index contributed by atoms with van der Waals surface area (Å²) in [6.45, 7) is 0. The molecule has 1 aromatic heterocycles. The number of imidazole rings is 1. The molecule has 1 atom stereocenters. The Bertz CT molecular complexity index is 646. The molecule has 0 spiro atoms. The Morgan fingerprint density at radius 2 is 2.05 bits per heavy atom. The van der Waals surface area contributed by atoms with Crippen molar-refractivity contribution in [3.63, 3.8) is 0 Å². The third kappa shape index (κ3) is 2.81. The van der Waals surface area contributed by atoms with E-state index in [1.54, 1.807) is 12.3 Å². The summed E-state index contributed by atoms with van der Waals surface area (Å²) in [5.74, 6) is 0.869. The van der Waals surface area contributed by atoms with E-state index in [1.165, 1.54) is 12.1 Å². The van der Waals surface area contributed by atoms with Crippen LogP contribution in [0.1, 0.15) is 41.7 Å². The van der Waals surface area contributed by atoms with E-state index in [4.69, 9.17) is 5.73 Å². The highest BCUT2D eigenvalue weighted by Gasteiger charge is 2.33. The molecule has 1 aromatic carbocycles. The molecule has 3 rings (SSSR count). The van der Waals surface area contributed by atoms with Gasteiger partial charge in [0.1, 0.15) is 5.82 Å². The van der Waals surface area contributed by atoms with E-state index in [9.17, 15) is 13.2 Å². The molecule has 0 radical (unpaired) electrons. The van der Waals surface area contributed by atoms with E-state index in [0.29, 0.717) is 5.69 Å². The Hall–Kier alpha value is -1.82. The summed E-state index contributed by atoms with van der Waals surface area (Å²) in [5.41, 5.74) is 6.28. The lowest BCUT2D eigenvalue weighted by Gasteiger charge is -2.20. The van der Waals surface area contributed by atoms with E-state index < -0.39 is 11.7 Å². The Labute approximate surface area is 120 Å². The number of fused-ring (bicyclic) bond motifs is 1. The van der Waals surface area contributed by atoms with Crippen molar-refractivity contribution in [1.29, 1.82) is 0 Å². The molecule has 2 aromatic rings. The van der Waals surface area contributed by atoms with Crippen LogP contribution in [0.3, 0.4) is 0 Å². The van der Waals surface area contributed by atoms with Crippen LogP contribution in [0.25, 0.3) is 0 Å². The minimum Gasteiger partial charge on any atom is -0.319 e. The summed E-state index contributed by atoms with van der Waals surface area (Å²) in [6.07, 6.45) is 0.168. The Kier molecular flexibility index (Phi) is 3.49. The second kappa shape index (κ2) is 5.18. The van der Waals surface area contributed by atoms with Gasteiger partial charge in [-0.25, -0.2) is 4.98 Å². The van der Waals surface area contributed by atoms with Crippen LogP contribution in [0.5, 0.6) is 0 Å². The molecule has 112 valence electrons. The standard InChI is InChI=1S/C15H16F3N3/c16-15(17,18)12-5-2-1-4-10(12)8-11-9-21-13(19)6-3-7-14(21)20-11/h1-2,4-5,9,13H,3,6-8,19H2. The van der Waals surface area contributed by atoms with Gasteiger partial charge in [0, 0.05) is 19.0 Å². The predicted molar refractivity (Wildman–Crippen MR) is 72.6 cm³/mol. The van der Waals surface area contributed by atoms with Gasteiger partial charge in [0.25, 0.3) is 0 Å². The molecule has 0 amide bonds. The van der Waals surface area contributed by atoms with Crippen LogP contribution in [0.4, 0.5) is 13.2 Å². The summed E-state index contributed by atoms with van der Waals surface area (Å²) in [7, 11) is 0. The van der Waals surface area contributed by atoms with E-state index in [1.807, 2.05) is 4.57 Å². The summed E-state index contributed by atoms with van der Waals surface area (Å²) >= 11 is 0. The van der Waals surface area contributed by atoms with E-state index >= 15 is 0 Å². The van der Waals surface area contributed by atoms with Crippen LogP contribution in [-0.4, -0.2) is 9.55 Å². The first-order valence-electron chi connectivity index (χ1n) is 6.92. The number of aromatic nitrogens is 2. The van der Waals surface area contributed by atoms with Gasteiger partial charge in [0.2, 0.25) is 0 Å². The maximum Gasteiger partial charge on any atom is 0.416 e. The first-order valence-corrected chi connectivity index (χ1v) is 6.92. The Morgan fingerprint density at radius 3 is 2.76 bits per heavy atom. The number of rotatable bonds is 2. The number of nitrogens with two attached hydrogens (primary N) is 1. The molecule has 0 bridgehead atoms. The lowest BCUT2D eigenvalue weighted by atomic mass is 10.0. The molecule has 0 saturated heterocycles. The monoisotopic (exact) mass is 295 g/mol. The van der Waals surface area contributed by atoms with Gasteiger partial charge in [-0.1, -0.05) is 18.2 Å². The fourth-order valence-corrected chi connectivity index (χ4v) is 2.80. The second-order valence-electron chi connectivity index (χ2n) is 5.35. The molecule has 2 heterocycles. The van der Waals surface area contributed by atoms with Gasteiger partial charge < -0.3 is 10.3 Å². The summed E-state index contributed by atoms with van der Waals surface area (Å²) in [6, 6.07) is 5.63. The zero-order chi connectivity index (χ0) is 15.0. The fourth-order valence-electron chi connectivity index (χ4n) is 2.80. The molecule has 1 unspecified atom stereocenters. The van der Waals surface area contributed by atoms with E-state index in [-0.39, 0.29) is 18.2 Å². The number of hydrogen-bond donors (Lipinski definition) is 1. The van der Waals surface area contributed by atoms with Crippen LogP contribution in [-0.2, 0) is 19.0 Å². The number of halogens is 3. The Morgan fingerprint density at radius 1 is 1.29 bits per heavy atom. The van der Waals surface area contributed by atoms with Gasteiger partial charge in [-0.2, -0.15) is 13.2 Å². The molecule has 1 aliphatic heterocycles. The molecule has 3 nitrogen and oxygen atoms in total. The van der Waals surface area contributed by atoms with Gasteiger partial charge in [0.05, 0.1) is 17.4 Å². The van der Waals surface area contributed by atoms with Gasteiger partial charge in [0.15, 0.2) is 0 Å². The summed E-state index contributed by atoms with van der Waals surface area (Å²) < 4.78 is 40.9. The fraction of sp³-hybridized carbons (Fsp3) is 0.400. The van der Waals surface area contributed by atoms with Crippen LogP contribution in [0.2, 0.25) is 0 Å². The van der Waals surface area contributed by atoms with E-state index in [2.05, 4.69) is 4.98 Å². The molecule has 2 N–H and O–H groups in total. The van der Waals surface area contributed by atoms with Crippen molar-refractivity contribution in [2.75, 3.05) is 0 Å². The number of aryl methyl sites for hydroxylation is 1. The number of hydrogen-bond acceptors (Lipinski definition) is 2. The number of benzene rings is 1. The quantitative estimate of drug-likeness (QED) is 0.924. The third-order valence-electron chi connectivity index (χ3n) is 3.81. The molecular formula is C15H16F3N3. The summed E-state index contributed by atoms with van der Waals surface area (Å²) in [4.78, 5) is 4.44. The largest absolute Gasteiger partial charge is 0.416 e. The average Bonchev–Trinajstić information content (AvgIpc) is 2.82. The lowest BCUT2D eigenvalue weighted by molar-refractivity contribution is -0.138. The van der Waals surface area contributed by atoms with Gasteiger partial charge in [-0.05, 0) is 24.5 Å². The Balaban J connectivity index is 1.91. The van der Waals surface area contributed by atoms with Gasteiger partial charge in [-0.3, -0.25) is 0 Å². The number of nitrogens with zero attached hydrogens (tertiary/aromatic N) is 2. The SMILES string of the molecule is NC1CCCc2nc(Cc3ccccc3C(F)(F)F)cn21. The minimum absolute atomic E-state index is 0.118.